The number of esters is 2. The van der Waals surface area contributed by atoms with Crippen LogP contribution in [0.4, 0.5) is 11.4 Å². The van der Waals surface area contributed by atoms with E-state index in [9.17, 15) is 19.7 Å². The van der Waals surface area contributed by atoms with Gasteiger partial charge in [-0.2, -0.15) is 0 Å². The van der Waals surface area contributed by atoms with Gasteiger partial charge in [-0.05, 0) is 35.7 Å². The zero-order chi connectivity index (χ0) is 21.3. The van der Waals surface area contributed by atoms with Crippen LogP contribution in [-0.2, 0) is 15.9 Å². The Hall–Kier alpha value is -3.68. The Kier molecular flexibility index (Phi) is 8.36. The van der Waals surface area contributed by atoms with Gasteiger partial charge in [0.05, 0.1) is 24.7 Å². The molecule has 8 nitrogen and oxygen atoms in total. The van der Waals surface area contributed by atoms with E-state index in [4.69, 9.17) is 5.73 Å². The summed E-state index contributed by atoms with van der Waals surface area (Å²) in [5.74, 6) is -1.11. The number of rotatable bonds is 5. The molecular weight excluding hydrogens is 364 g/mol. The molecule has 2 aromatic carbocycles. The van der Waals surface area contributed by atoms with E-state index >= 15 is 0 Å². The van der Waals surface area contributed by atoms with Crippen molar-refractivity contribution in [2.45, 2.75) is 13.3 Å². The van der Waals surface area contributed by atoms with E-state index in [-0.39, 0.29) is 17.2 Å². The van der Waals surface area contributed by atoms with Crippen LogP contribution < -0.4 is 5.73 Å². The van der Waals surface area contributed by atoms with Crippen molar-refractivity contribution < 1.29 is 24.0 Å². The van der Waals surface area contributed by atoms with Crippen LogP contribution in [0.3, 0.4) is 0 Å². The number of benzene rings is 2. The molecule has 8 heteroatoms. The molecule has 148 valence electrons. The number of carbonyl (C=O) groups excluding carboxylic acids is 2. The second kappa shape index (κ2) is 10.5. The van der Waals surface area contributed by atoms with Gasteiger partial charge in [0.25, 0.3) is 5.69 Å². The summed E-state index contributed by atoms with van der Waals surface area (Å²) in [5, 5.41) is 10.7. The van der Waals surface area contributed by atoms with E-state index in [0.717, 1.165) is 12.0 Å². The number of nitro benzene ring substituents is 1. The van der Waals surface area contributed by atoms with Crippen LogP contribution in [0.15, 0.2) is 43.0 Å². The van der Waals surface area contributed by atoms with Gasteiger partial charge in [-0.25, -0.2) is 9.59 Å². The van der Waals surface area contributed by atoms with E-state index < -0.39 is 10.9 Å². The predicted molar refractivity (Wildman–Crippen MR) is 106 cm³/mol. The number of nitrogens with zero attached hydrogens (tertiary/aromatic N) is 1. The highest BCUT2D eigenvalue weighted by Gasteiger charge is 2.20. The van der Waals surface area contributed by atoms with Crippen LogP contribution in [0.5, 0.6) is 0 Å². The highest BCUT2D eigenvalue weighted by molar-refractivity contribution is 5.95. The summed E-state index contributed by atoms with van der Waals surface area (Å²) in [6.45, 7) is 5.52. The molecule has 0 spiro atoms. The zero-order valence-electron chi connectivity index (χ0n) is 15.9. The van der Waals surface area contributed by atoms with Gasteiger partial charge in [0, 0.05) is 11.8 Å². The fourth-order valence-corrected chi connectivity index (χ4v) is 2.24. The third-order valence-electron chi connectivity index (χ3n) is 3.79. The van der Waals surface area contributed by atoms with E-state index in [1.807, 2.05) is 13.0 Å². The normalized spacial score (nSPS) is 9.54. The minimum absolute atomic E-state index is 0.0619. The second-order valence-electron chi connectivity index (χ2n) is 5.50. The SMILES string of the molecule is C=Cc1ccc(C(=O)OC)c([N+](=O)[O-])c1.CCc1ccc(C(=O)OC)c(N)c1. The number of nitrogens with two attached hydrogens (primary N) is 1. The third kappa shape index (κ3) is 5.66. The number of methoxy groups -OCH3 is 2. The first-order chi connectivity index (χ1) is 13.3. The van der Waals surface area contributed by atoms with E-state index in [1.54, 1.807) is 18.2 Å². The lowest BCUT2D eigenvalue weighted by Gasteiger charge is -2.04. The number of hydrogen-bond acceptors (Lipinski definition) is 7. The Bertz CT molecular complexity index is 892. The fourth-order valence-electron chi connectivity index (χ4n) is 2.24. The van der Waals surface area contributed by atoms with Gasteiger partial charge in [-0.3, -0.25) is 10.1 Å². The summed E-state index contributed by atoms with van der Waals surface area (Å²) in [6, 6.07) is 9.56. The molecule has 0 aliphatic rings. The van der Waals surface area contributed by atoms with Gasteiger partial charge in [-0.15, -0.1) is 0 Å². The minimum atomic E-state index is -0.725. The molecule has 0 bridgehead atoms. The molecule has 28 heavy (non-hydrogen) atoms. The van der Waals surface area contributed by atoms with Gasteiger partial charge >= 0.3 is 11.9 Å². The molecule has 0 saturated carbocycles. The highest BCUT2D eigenvalue weighted by atomic mass is 16.6. The van der Waals surface area contributed by atoms with Crippen LogP contribution in [-0.4, -0.2) is 31.1 Å². The molecular formula is C20H22N2O6. The molecule has 0 heterocycles. The largest absolute Gasteiger partial charge is 0.465 e. The molecule has 2 N–H and O–H groups in total. The van der Waals surface area contributed by atoms with Gasteiger partial charge in [0.2, 0.25) is 0 Å². The summed E-state index contributed by atoms with van der Waals surface area (Å²) in [7, 11) is 2.52. The molecule has 0 aliphatic heterocycles. The number of anilines is 1. The first kappa shape index (κ1) is 22.4. The van der Waals surface area contributed by atoms with Crippen molar-refractivity contribution in [3.8, 4) is 0 Å². The maximum absolute atomic E-state index is 11.2. The summed E-state index contributed by atoms with van der Waals surface area (Å²) in [5.41, 5.74) is 7.93. The molecule has 0 amide bonds. The van der Waals surface area contributed by atoms with E-state index in [0.29, 0.717) is 16.8 Å². The second-order valence-corrected chi connectivity index (χ2v) is 5.50. The Balaban J connectivity index is 0.000000283. The van der Waals surface area contributed by atoms with Crippen molar-refractivity contribution in [2.75, 3.05) is 20.0 Å². The highest BCUT2D eigenvalue weighted by Crippen LogP contribution is 2.21. The van der Waals surface area contributed by atoms with Gasteiger partial charge in [-0.1, -0.05) is 31.7 Å². The average Bonchev–Trinajstić information content (AvgIpc) is 2.72. The van der Waals surface area contributed by atoms with Crippen molar-refractivity contribution in [1.29, 1.82) is 0 Å². The molecule has 2 aromatic rings. The van der Waals surface area contributed by atoms with Crippen LogP contribution in [0.1, 0.15) is 38.8 Å². The molecule has 0 radical (unpaired) electrons. The maximum atomic E-state index is 11.2. The topological polar surface area (TPSA) is 122 Å². The molecule has 0 atom stereocenters. The molecule has 0 fully saturated rings. The molecule has 0 aromatic heterocycles. The first-order valence-corrected chi connectivity index (χ1v) is 8.24. The summed E-state index contributed by atoms with van der Waals surface area (Å²) >= 11 is 0. The van der Waals surface area contributed by atoms with Crippen molar-refractivity contribution in [1.82, 2.24) is 0 Å². The summed E-state index contributed by atoms with van der Waals surface area (Å²) in [4.78, 5) is 32.4. The Morgan fingerprint density at radius 3 is 2.14 bits per heavy atom. The maximum Gasteiger partial charge on any atom is 0.344 e. The van der Waals surface area contributed by atoms with Crippen molar-refractivity contribution >= 4 is 29.4 Å². The van der Waals surface area contributed by atoms with Crippen molar-refractivity contribution in [3.05, 3.63) is 75.3 Å². The number of nitrogen functional groups attached to an aromatic ring is 1. The Morgan fingerprint density at radius 2 is 1.68 bits per heavy atom. The Labute approximate surface area is 162 Å². The van der Waals surface area contributed by atoms with Gasteiger partial charge in [0.1, 0.15) is 5.56 Å². The standard InChI is InChI=1S/C10H9NO4.C10H13NO2/c1-3-7-4-5-8(10(12)15-2)9(6-7)11(13)14;1-3-7-4-5-8(9(11)6-7)10(12)13-2/h3-6H,1H2,2H3;4-6H,3,11H2,1-2H3. The molecule has 0 saturated heterocycles. The van der Waals surface area contributed by atoms with Crippen molar-refractivity contribution in [3.63, 3.8) is 0 Å². The monoisotopic (exact) mass is 386 g/mol. The summed E-state index contributed by atoms with van der Waals surface area (Å²) < 4.78 is 9.00. The van der Waals surface area contributed by atoms with Crippen LogP contribution >= 0.6 is 0 Å². The smallest absolute Gasteiger partial charge is 0.344 e. The number of hydrogen-bond donors (Lipinski definition) is 1. The van der Waals surface area contributed by atoms with Gasteiger partial charge in [0.15, 0.2) is 0 Å². The number of aryl methyl sites for hydroxylation is 1. The third-order valence-corrected chi connectivity index (χ3v) is 3.79. The lowest BCUT2D eigenvalue weighted by Crippen LogP contribution is -2.05. The number of nitro groups is 1. The average molecular weight is 386 g/mol. The minimum Gasteiger partial charge on any atom is -0.465 e. The molecule has 0 unspecified atom stereocenters. The number of carbonyl (C=O) groups is 2. The van der Waals surface area contributed by atoms with Crippen LogP contribution in [0.2, 0.25) is 0 Å². The predicted octanol–water partition coefficient (Wildman–Crippen LogP) is 3.64. The molecule has 0 aliphatic carbocycles. The van der Waals surface area contributed by atoms with Crippen molar-refractivity contribution in [2.24, 2.45) is 0 Å². The van der Waals surface area contributed by atoms with Crippen LogP contribution in [0.25, 0.3) is 6.08 Å². The quantitative estimate of drug-likeness (QED) is 0.360. The Morgan fingerprint density at radius 1 is 1.11 bits per heavy atom. The molecule has 2 rings (SSSR count). The van der Waals surface area contributed by atoms with E-state index in [1.165, 1.54) is 32.4 Å². The van der Waals surface area contributed by atoms with Crippen LogP contribution in [0, 0.1) is 10.1 Å². The first-order valence-electron chi connectivity index (χ1n) is 8.24. The number of ether oxygens (including phenoxy) is 2. The summed E-state index contributed by atoms with van der Waals surface area (Å²) in [6.07, 6.45) is 2.37. The lowest BCUT2D eigenvalue weighted by molar-refractivity contribution is -0.385. The zero-order valence-corrected chi connectivity index (χ0v) is 15.9. The van der Waals surface area contributed by atoms with Gasteiger partial charge < -0.3 is 15.2 Å². The fraction of sp³-hybridized carbons (Fsp3) is 0.200. The lowest BCUT2D eigenvalue weighted by atomic mass is 10.1. The van der Waals surface area contributed by atoms with E-state index in [2.05, 4.69) is 16.1 Å².